The number of carbonyl (C=O) groups excluding carboxylic acids is 1. The molecule has 25 heavy (non-hydrogen) atoms. The Labute approximate surface area is 148 Å². The monoisotopic (exact) mass is 353 g/mol. The van der Waals surface area contributed by atoms with Crippen LogP contribution in [0.1, 0.15) is 40.3 Å². The zero-order valence-corrected chi connectivity index (χ0v) is 15.5. The molecule has 9 heteroatoms. The number of rotatable bonds is 11. The fraction of sp³-hybridized carbons (Fsp3) is 0.750. The van der Waals surface area contributed by atoms with Gasteiger partial charge in [0.05, 0.1) is 30.5 Å². The number of carbonyl (C=O) groups is 1. The van der Waals surface area contributed by atoms with Crippen LogP contribution >= 0.6 is 0 Å². The summed E-state index contributed by atoms with van der Waals surface area (Å²) in [7, 11) is 0. The van der Waals surface area contributed by atoms with Gasteiger partial charge in [-0.2, -0.15) is 5.26 Å². The van der Waals surface area contributed by atoms with Crippen molar-refractivity contribution in [3.63, 3.8) is 0 Å². The third-order valence-corrected chi connectivity index (χ3v) is 3.15. The van der Waals surface area contributed by atoms with Gasteiger partial charge in [0.2, 0.25) is 5.91 Å². The highest BCUT2D eigenvalue weighted by Gasteiger charge is 2.27. The second kappa shape index (κ2) is 9.34. The van der Waals surface area contributed by atoms with Gasteiger partial charge < -0.3 is 19.5 Å². The van der Waals surface area contributed by atoms with E-state index >= 15 is 0 Å². The van der Waals surface area contributed by atoms with Gasteiger partial charge in [-0.1, -0.05) is 5.21 Å². The molecule has 0 spiro atoms. The van der Waals surface area contributed by atoms with Crippen LogP contribution in [0.4, 0.5) is 0 Å². The lowest BCUT2D eigenvalue weighted by atomic mass is 10.1. The number of nitriles is 1. The third kappa shape index (κ3) is 8.47. The average molecular weight is 353 g/mol. The van der Waals surface area contributed by atoms with E-state index in [1.807, 2.05) is 34.6 Å². The number of nitrogens with zero attached hydrogens (tertiary/aromatic N) is 4. The summed E-state index contributed by atoms with van der Waals surface area (Å²) in [5.41, 5.74) is -0.483. The molecule has 1 amide bonds. The zero-order valence-electron chi connectivity index (χ0n) is 15.5. The molecule has 0 aromatic carbocycles. The molecule has 1 heterocycles. The topological polar surface area (TPSA) is 111 Å². The van der Waals surface area contributed by atoms with Crippen molar-refractivity contribution >= 4 is 5.91 Å². The van der Waals surface area contributed by atoms with Gasteiger partial charge in [-0.15, -0.1) is 5.10 Å². The van der Waals surface area contributed by atoms with E-state index in [0.717, 1.165) is 0 Å². The van der Waals surface area contributed by atoms with Gasteiger partial charge in [0.25, 0.3) is 6.26 Å². The molecule has 1 rings (SSSR count). The molecule has 1 aromatic heterocycles. The molecule has 1 aromatic rings. The fourth-order valence-corrected chi connectivity index (χ4v) is 2.04. The van der Waals surface area contributed by atoms with E-state index in [-0.39, 0.29) is 19.1 Å². The van der Waals surface area contributed by atoms with Gasteiger partial charge in [0, 0.05) is 6.61 Å². The molecule has 0 bridgehead atoms. The van der Waals surface area contributed by atoms with Crippen LogP contribution in [0.25, 0.3) is 0 Å². The van der Waals surface area contributed by atoms with Crippen LogP contribution < -0.4 is 5.32 Å². The van der Waals surface area contributed by atoms with Crippen molar-refractivity contribution in [1.29, 1.82) is 5.26 Å². The highest BCUT2D eigenvalue weighted by Crippen LogP contribution is 2.16. The first-order valence-electron chi connectivity index (χ1n) is 8.10. The smallest absolute Gasteiger partial charge is 0.286 e. The Balaban J connectivity index is 2.49. The van der Waals surface area contributed by atoms with Crippen molar-refractivity contribution in [3.05, 3.63) is 11.9 Å². The second-order valence-corrected chi connectivity index (χ2v) is 6.90. The van der Waals surface area contributed by atoms with Crippen molar-refractivity contribution in [2.24, 2.45) is 0 Å². The van der Waals surface area contributed by atoms with Crippen LogP contribution in [0.3, 0.4) is 0 Å². The van der Waals surface area contributed by atoms with Crippen molar-refractivity contribution in [2.45, 2.75) is 58.9 Å². The Morgan fingerprint density at radius 2 is 2.12 bits per heavy atom. The highest BCUT2D eigenvalue weighted by atomic mass is 16.5. The molecule has 140 valence electrons. The van der Waals surface area contributed by atoms with Crippen LogP contribution in [0.2, 0.25) is 0 Å². The van der Waals surface area contributed by atoms with Crippen molar-refractivity contribution in [3.8, 4) is 6.26 Å². The quantitative estimate of drug-likeness (QED) is 0.591. The number of ether oxygens (including phenoxy) is 3. The van der Waals surface area contributed by atoms with Crippen LogP contribution in [-0.2, 0) is 32.2 Å². The molecule has 0 saturated heterocycles. The van der Waals surface area contributed by atoms with E-state index in [2.05, 4.69) is 20.4 Å². The summed E-state index contributed by atoms with van der Waals surface area (Å²) in [6.45, 7) is 10.9. The van der Waals surface area contributed by atoms with Gasteiger partial charge in [-0.3, -0.25) is 4.79 Å². The number of aromatic nitrogens is 3. The Morgan fingerprint density at radius 3 is 2.76 bits per heavy atom. The van der Waals surface area contributed by atoms with E-state index in [0.29, 0.717) is 25.5 Å². The summed E-state index contributed by atoms with van der Waals surface area (Å²) < 4.78 is 17.3. The molecule has 9 nitrogen and oxygen atoms in total. The Hall–Kier alpha value is -2.18. The Kier molecular flexibility index (Phi) is 7.80. The molecule has 0 unspecified atom stereocenters. The first-order chi connectivity index (χ1) is 11.7. The minimum absolute atomic E-state index is 0.0375. The predicted octanol–water partition coefficient (Wildman–Crippen LogP) is 1.00. The predicted molar refractivity (Wildman–Crippen MR) is 89.2 cm³/mol. The van der Waals surface area contributed by atoms with E-state index in [1.165, 1.54) is 0 Å². The normalized spacial score (nSPS) is 11.8. The molecule has 0 radical (unpaired) electrons. The standard InChI is InChI=1S/C16H27N5O4/c1-6-23-9-14(22)18-15(2,3)11-25-16(4,5)10-21-7-13(19-20-21)8-24-12-17/h7H,6,8-11H2,1-5H3,(H,18,22). The number of amides is 1. The number of hydrogen-bond donors (Lipinski definition) is 1. The number of hydrogen-bond acceptors (Lipinski definition) is 7. The minimum atomic E-state index is -0.528. The SMILES string of the molecule is CCOCC(=O)NC(C)(C)COC(C)(C)Cn1cc(COC#N)nn1. The van der Waals surface area contributed by atoms with Crippen molar-refractivity contribution in [2.75, 3.05) is 19.8 Å². The molecule has 0 aliphatic heterocycles. The van der Waals surface area contributed by atoms with Gasteiger partial charge in [-0.05, 0) is 34.6 Å². The minimum Gasteiger partial charge on any atom is -0.421 e. The summed E-state index contributed by atoms with van der Waals surface area (Å²) in [4.78, 5) is 11.8. The number of nitrogens with one attached hydrogen (secondary N) is 1. The van der Waals surface area contributed by atoms with Gasteiger partial charge in [0.15, 0.2) is 0 Å². The molecule has 0 aliphatic carbocycles. The van der Waals surface area contributed by atoms with Crippen molar-refractivity contribution in [1.82, 2.24) is 20.3 Å². The summed E-state index contributed by atoms with van der Waals surface area (Å²) in [5, 5.41) is 19.2. The maximum Gasteiger partial charge on any atom is 0.286 e. The molecular weight excluding hydrogens is 326 g/mol. The summed E-state index contributed by atoms with van der Waals surface area (Å²) in [6, 6.07) is 0. The van der Waals surface area contributed by atoms with E-state index in [4.69, 9.17) is 14.7 Å². The maximum absolute atomic E-state index is 11.8. The van der Waals surface area contributed by atoms with Crippen molar-refractivity contribution < 1.29 is 19.0 Å². The Morgan fingerprint density at radius 1 is 1.40 bits per heavy atom. The van der Waals surface area contributed by atoms with Gasteiger partial charge >= 0.3 is 0 Å². The van der Waals surface area contributed by atoms with Crippen LogP contribution in [0.15, 0.2) is 6.20 Å². The van der Waals surface area contributed by atoms with Gasteiger partial charge in [0.1, 0.15) is 18.9 Å². The van der Waals surface area contributed by atoms with E-state index in [9.17, 15) is 4.79 Å². The molecule has 0 fully saturated rings. The highest BCUT2D eigenvalue weighted by molar-refractivity contribution is 5.77. The molecule has 0 saturated carbocycles. The fourth-order valence-electron chi connectivity index (χ4n) is 2.04. The largest absolute Gasteiger partial charge is 0.421 e. The Bertz CT molecular complexity index is 592. The molecular formula is C16H27N5O4. The summed E-state index contributed by atoms with van der Waals surface area (Å²) >= 11 is 0. The lowest BCUT2D eigenvalue weighted by molar-refractivity contribution is -0.129. The zero-order chi connectivity index (χ0) is 18.9. The first kappa shape index (κ1) is 20.9. The summed E-state index contributed by atoms with van der Waals surface area (Å²) in [6.07, 6.45) is 3.30. The van der Waals surface area contributed by atoms with E-state index < -0.39 is 11.1 Å². The summed E-state index contributed by atoms with van der Waals surface area (Å²) in [5.74, 6) is -0.174. The van der Waals surface area contributed by atoms with Crippen LogP contribution in [-0.4, -0.2) is 51.9 Å². The molecule has 1 N–H and O–H groups in total. The molecule has 0 aliphatic rings. The van der Waals surface area contributed by atoms with E-state index in [1.54, 1.807) is 17.1 Å². The second-order valence-electron chi connectivity index (χ2n) is 6.90. The lowest BCUT2D eigenvalue weighted by Crippen LogP contribution is -2.50. The lowest BCUT2D eigenvalue weighted by Gasteiger charge is -2.32. The average Bonchev–Trinajstić information content (AvgIpc) is 2.95. The van der Waals surface area contributed by atoms with Gasteiger partial charge in [-0.25, -0.2) is 4.68 Å². The molecule has 0 atom stereocenters. The van der Waals surface area contributed by atoms with Crippen LogP contribution in [0, 0.1) is 11.5 Å². The first-order valence-corrected chi connectivity index (χ1v) is 8.10. The maximum atomic E-state index is 11.8. The third-order valence-electron chi connectivity index (χ3n) is 3.15. The van der Waals surface area contributed by atoms with Crippen LogP contribution in [0.5, 0.6) is 0 Å².